The SMILES string of the molecule is CCN1CC2(CC1=O)CN(Cc1ccc(OC)cc1)CCN(C(C)=O)C2.O=C(O)C(F)(F)F. The number of methoxy groups -OCH3 is 1. The molecule has 2 aliphatic heterocycles. The Morgan fingerprint density at radius 3 is 2.18 bits per heavy atom. The zero-order valence-electron chi connectivity index (χ0n) is 19.0. The highest BCUT2D eigenvalue weighted by atomic mass is 19.4. The summed E-state index contributed by atoms with van der Waals surface area (Å²) in [5.41, 5.74) is 1.05. The molecule has 33 heavy (non-hydrogen) atoms. The van der Waals surface area contributed by atoms with Crippen LogP contribution in [0.2, 0.25) is 0 Å². The molecule has 0 aromatic heterocycles. The third-order valence-electron chi connectivity index (χ3n) is 5.81. The topological polar surface area (TPSA) is 90.4 Å². The highest BCUT2D eigenvalue weighted by molar-refractivity contribution is 5.80. The van der Waals surface area contributed by atoms with Crippen molar-refractivity contribution >= 4 is 17.8 Å². The fraction of sp³-hybridized carbons (Fsp3) is 0.591. The van der Waals surface area contributed by atoms with Crippen molar-refractivity contribution in [2.24, 2.45) is 5.41 Å². The van der Waals surface area contributed by atoms with Crippen molar-refractivity contribution in [3.63, 3.8) is 0 Å². The molecule has 2 heterocycles. The van der Waals surface area contributed by atoms with Gasteiger partial charge < -0.3 is 19.6 Å². The van der Waals surface area contributed by atoms with E-state index in [9.17, 15) is 22.8 Å². The quantitative estimate of drug-likeness (QED) is 0.722. The summed E-state index contributed by atoms with van der Waals surface area (Å²) in [6.07, 6.45) is -4.55. The van der Waals surface area contributed by atoms with E-state index in [1.54, 1.807) is 14.0 Å². The van der Waals surface area contributed by atoms with Gasteiger partial charge in [-0.2, -0.15) is 13.2 Å². The monoisotopic (exact) mass is 473 g/mol. The summed E-state index contributed by atoms with van der Waals surface area (Å²) in [6.45, 7) is 8.99. The van der Waals surface area contributed by atoms with Crippen LogP contribution in [0.25, 0.3) is 0 Å². The second kappa shape index (κ2) is 10.9. The molecule has 1 spiro atoms. The molecule has 1 unspecified atom stereocenters. The maximum absolute atomic E-state index is 12.4. The van der Waals surface area contributed by atoms with E-state index in [-0.39, 0.29) is 17.2 Å². The lowest BCUT2D eigenvalue weighted by atomic mass is 9.85. The molecule has 1 N–H and O–H groups in total. The summed E-state index contributed by atoms with van der Waals surface area (Å²) in [5.74, 6) is -1.60. The van der Waals surface area contributed by atoms with Crippen molar-refractivity contribution in [1.82, 2.24) is 14.7 Å². The number of carbonyl (C=O) groups excluding carboxylic acids is 2. The van der Waals surface area contributed by atoms with Gasteiger partial charge in [0.25, 0.3) is 0 Å². The predicted octanol–water partition coefficient (Wildman–Crippen LogP) is 2.23. The molecule has 184 valence electrons. The number of halogens is 3. The lowest BCUT2D eigenvalue weighted by molar-refractivity contribution is -0.192. The minimum atomic E-state index is -5.08. The molecule has 0 bridgehead atoms. The first-order valence-electron chi connectivity index (χ1n) is 10.6. The minimum Gasteiger partial charge on any atom is -0.497 e. The molecule has 0 saturated carbocycles. The molecule has 2 amide bonds. The van der Waals surface area contributed by atoms with Crippen LogP contribution in [-0.4, -0.2) is 90.1 Å². The van der Waals surface area contributed by atoms with Gasteiger partial charge in [-0.05, 0) is 24.6 Å². The number of hydrogen-bond donors (Lipinski definition) is 1. The molecule has 2 fully saturated rings. The van der Waals surface area contributed by atoms with Crippen LogP contribution in [-0.2, 0) is 20.9 Å². The molecule has 0 radical (unpaired) electrons. The van der Waals surface area contributed by atoms with Crippen molar-refractivity contribution in [3.05, 3.63) is 29.8 Å². The summed E-state index contributed by atoms with van der Waals surface area (Å²) in [5, 5.41) is 7.12. The van der Waals surface area contributed by atoms with E-state index in [0.717, 1.165) is 38.5 Å². The second-order valence-electron chi connectivity index (χ2n) is 8.39. The fourth-order valence-corrected chi connectivity index (χ4v) is 4.22. The summed E-state index contributed by atoms with van der Waals surface area (Å²) in [7, 11) is 1.67. The Balaban J connectivity index is 0.000000479. The molecule has 1 atom stereocenters. The van der Waals surface area contributed by atoms with Gasteiger partial charge in [0.05, 0.1) is 7.11 Å². The van der Waals surface area contributed by atoms with Gasteiger partial charge in [0.15, 0.2) is 0 Å². The zero-order chi connectivity index (χ0) is 24.8. The lowest BCUT2D eigenvalue weighted by Gasteiger charge is -2.33. The van der Waals surface area contributed by atoms with Gasteiger partial charge in [-0.15, -0.1) is 0 Å². The van der Waals surface area contributed by atoms with E-state index < -0.39 is 12.1 Å². The molecule has 1 aromatic rings. The van der Waals surface area contributed by atoms with Gasteiger partial charge in [-0.3, -0.25) is 14.5 Å². The normalized spacial score (nSPS) is 21.5. The minimum absolute atomic E-state index is 0.0954. The van der Waals surface area contributed by atoms with Crippen LogP contribution in [0.1, 0.15) is 25.8 Å². The maximum atomic E-state index is 12.4. The van der Waals surface area contributed by atoms with Crippen molar-refractivity contribution in [2.45, 2.75) is 33.0 Å². The Morgan fingerprint density at radius 2 is 1.73 bits per heavy atom. The van der Waals surface area contributed by atoms with Crippen LogP contribution < -0.4 is 4.74 Å². The number of rotatable bonds is 4. The van der Waals surface area contributed by atoms with E-state index >= 15 is 0 Å². The zero-order valence-corrected chi connectivity index (χ0v) is 19.0. The van der Waals surface area contributed by atoms with Crippen LogP contribution >= 0.6 is 0 Å². The summed E-state index contributed by atoms with van der Waals surface area (Å²) in [4.78, 5) is 39.6. The Labute approximate surface area is 190 Å². The Bertz CT molecular complexity index is 847. The van der Waals surface area contributed by atoms with Gasteiger partial charge >= 0.3 is 12.1 Å². The second-order valence-corrected chi connectivity index (χ2v) is 8.39. The van der Waals surface area contributed by atoms with E-state index in [1.807, 2.05) is 28.9 Å². The standard InChI is InChI=1S/C20H29N3O3.C2HF3O2/c1-4-22-14-20(11-19(22)25)13-21(9-10-23(15-20)16(2)24)12-17-5-7-18(26-3)8-6-17;3-2(4,5)1(6)7/h5-8H,4,9-15H2,1-3H3;(H,6,7). The first kappa shape index (κ1) is 26.4. The number of ether oxygens (including phenoxy) is 1. The number of carboxylic acid groups (broad SMARTS) is 1. The third-order valence-corrected chi connectivity index (χ3v) is 5.81. The number of carbonyl (C=O) groups is 3. The Morgan fingerprint density at radius 1 is 1.12 bits per heavy atom. The van der Waals surface area contributed by atoms with E-state index in [2.05, 4.69) is 17.0 Å². The van der Waals surface area contributed by atoms with Gasteiger partial charge in [0.2, 0.25) is 11.8 Å². The van der Waals surface area contributed by atoms with Crippen LogP contribution in [0.15, 0.2) is 24.3 Å². The molecule has 2 saturated heterocycles. The predicted molar refractivity (Wildman–Crippen MR) is 114 cm³/mol. The lowest BCUT2D eigenvalue weighted by Crippen LogP contribution is -2.43. The highest BCUT2D eigenvalue weighted by Gasteiger charge is 2.46. The van der Waals surface area contributed by atoms with E-state index in [0.29, 0.717) is 19.5 Å². The fourth-order valence-electron chi connectivity index (χ4n) is 4.22. The molecule has 3 rings (SSSR count). The summed E-state index contributed by atoms with van der Waals surface area (Å²) < 4.78 is 37.0. The number of alkyl halides is 3. The van der Waals surface area contributed by atoms with Crippen LogP contribution in [0, 0.1) is 5.41 Å². The van der Waals surface area contributed by atoms with E-state index in [1.165, 1.54) is 5.56 Å². The van der Waals surface area contributed by atoms with Crippen LogP contribution in [0.3, 0.4) is 0 Å². The number of amides is 2. The molecule has 11 heteroatoms. The van der Waals surface area contributed by atoms with Gasteiger partial charge in [0.1, 0.15) is 5.75 Å². The van der Waals surface area contributed by atoms with Gasteiger partial charge in [-0.1, -0.05) is 12.1 Å². The number of benzene rings is 1. The molecular formula is C22H30F3N3O5. The first-order valence-corrected chi connectivity index (χ1v) is 10.6. The average Bonchev–Trinajstić information content (AvgIpc) is 2.94. The van der Waals surface area contributed by atoms with Crippen molar-refractivity contribution in [1.29, 1.82) is 0 Å². The number of aliphatic carboxylic acids is 1. The van der Waals surface area contributed by atoms with Crippen LogP contribution in [0.4, 0.5) is 13.2 Å². The molecule has 0 aliphatic carbocycles. The van der Waals surface area contributed by atoms with Crippen molar-refractivity contribution in [3.8, 4) is 5.75 Å². The largest absolute Gasteiger partial charge is 0.497 e. The molecule has 2 aliphatic rings. The Kier molecular flexibility index (Phi) is 8.70. The number of hydrogen-bond acceptors (Lipinski definition) is 5. The van der Waals surface area contributed by atoms with Crippen molar-refractivity contribution in [2.75, 3.05) is 46.4 Å². The summed E-state index contributed by atoms with van der Waals surface area (Å²) in [6, 6.07) is 8.11. The summed E-state index contributed by atoms with van der Waals surface area (Å²) >= 11 is 0. The molecule has 8 nitrogen and oxygen atoms in total. The Hall–Kier alpha value is -2.82. The average molecular weight is 473 g/mol. The molecular weight excluding hydrogens is 443 g/mol. The van der Waals surface area contributed by atoms with Crippen molar-refractivity contribution < 1.29 is 37.4 Å². The number of carboxylic acids is 1. The molecule has 1 aromatic carbocycles. The van der Waals surface area contributed by atoms with Crippen LogP contribution in [0.5, 0.6) is 5.75 Å². The van der Waals surface area contributed by atoms with E-state index in [4.69, 9.17) is 14.6 Å². The number of likely N-dealkylation sites (tertiary alicyclic amines) is 1. The third kappa shape index (κ3) is 7.34. The number of nitrogens with zero attached hydrogens (tertiary/aromatic N) is 3. The first-order chi connectivity index (χ1) is 15.4. The highest BCUT2D eigenvalue weighted by Crippen LogP contribution is 2.35. The van der Waals surface area contributed by atoms with Gasteiger partial charge in [0, 0.05) is 64.6 Å². The maximum Gasteiger partial charge on any atom is 0.490 e. The van der Waals surface area contributed by atoms with Gasteiger partial charge in [-0.25, -0.2) is 4.79 Å². The smallest absolute Gasteiger partial charge is 0.490 e.